The van der Waals surface area contributed by atoms with E-state index in [1.54, 1.807) is 12.1 Å². The molecule has 0 atom stereocenters. The van der Waals surface area contributed by atoms with Crippen LogP contribution in [0.25, 0.3) is 39.4 Å². The van der Waals surface area contributed by atoms with E-state index >= 15 is 0 Å². The minimum absolute atomic E-state index is 0.220. The summed E-state index contributed by atoms with van der Waals surface area (Å²) in [6.07, 6.45) is 5.92. The zero-order valence-electron chi connectivity index (χ0n) is 22.0. The first-order chi connectivity index (χ1) is 19.5. The molecule has 40 heavy (non-hydrogen) atoms. The summed E-state index contributed by atoms with van der Waals surface area (Å²) in [5.41, 5.74) is 5.13. The van der Waals surface area contributed by atoms with Crippen LogP contribution in [0.1, 0.15) is 30.9 Å². The van der Waals surface area contributed by atoms with Crippen molar-refractivity contribution in [2.75, 3.05) is 6.61 Å². The van der Waals surface area contributed by atoms with Crippen LogP contribution in [0.5, 0.6) is 5.75 Å². The monoisotopic (exact) mass is 567 g/mol. The van der Waals surface area contributed by atoms with Gasteiger partial charge < -0.3 is 4.74 Å². The summed E-state index contributed by atoms with van der Waals surface area (Å²) >= 11 is 7.31. The molecule has 3 heterocycles. The lowest BCUT2D eigenvalue weighted by Gasteiger charge is -2.09. The number of hydrogen-bond donors (Lipinski definition) is 0. The number of aromatic nitrogens is 5. The number of aryl methyl sites for hydroxylation is 1. The fraction of sp³-hybridized carbons (Fsp3) is 0.161. The molecule has 3 aromatic heterocycles. The summed E-state index contributed by atoms with van der Waals surface area (Å²) in [6, 6.07) is 23.2. The summed E-state index contributed by atoms with van der Waals surface area (Å²) in [5, 5.41) is 10.0. The predicted octanol–water partition coefficient (Wildman–Crippen LogP) is 6.36. The van der Waals surface area contributed by atoms with E-state index in [4.69, 9.17) is 21.4 Å². The smallest absolute Gasteiger partial charge is 0.291 e. The van der Waals surface area contributed by atoms with Gasteiger partial charge in [0, 0.05) is 27.9 Å². The zero-order valence-corrected chi connectivity index (χ0v) is 23.6. The Bertz CT molecular complexity index is 1910. The molecule has 0 aliphatic rings. The highest BCUT2D eigenvalue weighted by atomic mass is 35.5. The van der Waals surface area contributed by atoms with Gasteiger partial charge in [-0.05, 0) is 79.6 Å². The summed E-state index contributed by atoms with van der Waals surface area (Å²) < 4.78 is 9.64. The van der Waals surface area contributed by atoms with Crippen LogP contribution in [0.3, 0.4) is 0 Å². The Balaban J connectivity index is 1.43. The third-order valence-corrected chi connectivity index (χ3v) is 7.76. The number of benzene rings is 3. The SMILES string of the molecule is CCCCOc1ccc(-c2nn(-c3ccccc3)cc2/C=c2\sc3nc(-c4ccc(Cl)cc4)nn3c2=O)c(C)c1. The lowest BCUT2D eigenvalue weighted by molar-refractivity contribution is 0.309. The van der Waals surface area contributed by atoms with Gasteiger partial charge in [0.25, 0.3) is 5.56 Å². The normalized spacial score (nSPS) is 11.9. The van der Waals surface area contributed by atoms with Crippen LogP contribution in [0, 0.1) is 6.92 Å². The van der Waals surface area contributed by atoms with Gasteiger partial charge in [0.05, 0.1) is 16.8 Å². The third-order valence-electron chi connectivity index (χ3n) is 6.55. The Kier molecular flexibility index (Phi) is 7.19. The number of hydrogen-bond acceptors (Lipinski definition) is 6. The molecule has 3 aromatic carbocycles. The van der Waals surface area contributed by atoms with E-state index in [1.807, 2.05) is 84.5 Å². The fourth-order valence-corrected chi connectivity index (χ4v) is 5.46. The van der Waals surface area contributed by atoms with Crippen molar-refractivity contribution < 1.29 is 4.74 Å². The minimum atomic E-state index is -0.220. The Hall–Kier alpha value is -4.27. The van der Waals surface area contributed by atoms with Crippen LogP contribution in [0.4, 0.5) is 0 Å². The Morgan fingerprint density at radius 2 is 1.82 bits per heavy atom. The lowest BCUT2D eigenvalue weighted by atomic mass is 10.0. The van der Waals surface area contributed by atoms with Gasteiger partial charge in [-0.2, -0.15) is 14.6 Å². The second-order valence-corrected chi connectivity index (χ2v) is 10.9. The molecule has 9 heteroatoms. The highest BCUT2D eigenvalue weighted by molar-refractivity contribution is 7.15. The molecule has 6 rings (SSSR count). The summed E-state index contributed by atoms with van der Waals surface area (Å²) in [6.45, 7) is 4.89. The van der Waals surface area contributed by atoms with Gasteiger partial charge in [0.1, 0.15) is 11.4 Å². The van der Waals surface area contributed by atoms with Crippen molar-refractivity contribution in [2.24, 2.45) is 0 Å². The van der Waals surface area contributed by atoms with Crippen molar-refractivity contribution in [3.05, 3.63) is 110 Å². The first-order valence-electron chi connectivity index (χ1n) is 13.1. The number of halogens is 1. The van der Waals surface area contributed by atoms with Gasteiger partial charge in [-0.25, -0.2) is 4.68 Å². The van der Waals surface area contributed by atoms with Crippen LogP contribution >= 0.6 is 22.9 Å². The van der Waals surface area contributed by atoms with E-state index < -0.39 is 0 Å². The number of para-hydroxylation sites is 1. The Morgan fingerprint density at radius 1 is 1.02 bits per heavy atom. The molecule has 0 aliphatic heterocycles. The van der Waals surface area contributed by atoms with Crippen molar-refractivity contribution in [2.45, 2.75) is 26.7 Å². The molecule has 0 radical (unpaired) electrons. The molecular weight excluding hydrogens is 542 g/mol. The highest BCUT2D eigenvalue weighted by Gasteiger charge is 2.16. The molecule has 6 aromatic rings. The lowest BCUT2D eigenvalue weighted by Crippen LogP contribution is -2.23. The zero-order chi connectivity index (χ0) is 27.6. The molecule has 0 saturated carbocycles. The van der Waals surface area contributed by atoms with Crippen LogP contribution in [-0.4, -0.2) is 31.0 Å². The number of thiazole rings is 1. The highest BCUT2D eigenvalue weighted by Crippen LogP contribution is 2.30. The van der Waals surface area contributed by atoms with Crippen molar-refractivity contribution in [3.8, 4) is 34.1 Å². The molecule has 0 N–H and O–H groups in total. The molecule has 0 aliphatic carbocycles. The maximum atomic E-state index is 13.4. The quantitative estimate of drug-likeness (QED) is 0.200. The van der Waals surface area contributed by atoms with Crippen LogP contribution < -0.4 is 14.8 Å². The number of nitrogens with zero attached hydrogens (tertiary/aromatic N) is 5. The van der Waals surface area contributed by atoms with Crippen LogP contribution in [0.2, 0.25) is 5.02 Å². The molecule has 0 unspecified atom stereocenters. The van der Waals surface area contributed by atoms with Crippen molar-refractivity contribution >= 4 is 34.0 Å². The minimum Gasteiger partial charge on any atom is -0.494 e. The molecule has 0 bridgehead atoms. The van der Waals surface area contributed by atoms with E-state index in [1.165, 1.54) is 15.9 Å². The summed E-state index contributed by atoms with van der Waals surface area (Å²) in [7, 11) is 0. The first kappa shape index (κ1) is 26.0. The van der Waals surface area contributed by atoms with E-state index in [-0.39, 0.29) is 5.56 Å². The first-order valence-corrected chi connectivity index (χ1v) is 14.3. The average Bonchev–Trinajstić information content (AvgIpc) is 3.65. The molecule has 0 fully saturated rings. The maximum absolute atomic E-state index is 13.4. The summed E-state index contributed by atoms with van der Waals surface area (Å²) in [5.74, 6) is 1.33. The van der Waals surface area contributed by atoms with Gasteiger partial charge in [-0.3, -0.25) is 4.79 Å². The van der Waals surface area contributed by atoms with E-state index in [2.05, 4.69) is 17.0 Å². The summed E-state index contributed by atoms with van der Waals surface area (Å²) in [4.78, 5) is 18.5. The second-order valence-electron chi connectivity index (χ2n) is 9.44. The Labute approximate surface area is 240 Å². The van der Waals surface area contributed by atoms with Crippen molar-refractivity contribution in [1.29, 1.82) is 0 Å². The molecule has 0 spiro atoms. The maximum Gasteiger partial charge on any atom is 0.291 e. The topological polar surface area (TPSA) is 74.3 Å². The number of unbranched alkanes of at least 4 members (excludes halogenated alkanes) is 1. The number of rotatable bonds is 8. The van der Waals surface area contributed by atoms with Gasteiger partial charge in [-0.1, -0.05) is 54.5 Å². The number of fused-ring (bicyclic) bond motifs is 1. The third kappa shape index (κ3) is 5.15. The molecule has 0 amide bonds. The van der Waals surface area contributed by atoms with Gasteiger partial charge >= 0.3 is 0 Å². The van der Waals surface area contributed by atoms with Crippen LogP contribution in [-0.2, 0) is 0 Å². The molecule has 0 saturated heterocycles. The van der Waals surface area contributed by atoms with Gasteiger partial charge in [0.15, 0.2) is 5.82 Å². The van der Waals surface area contributed by atoms with Crippen molar-refractivity contribution in [3.63, 3.8) is 0 Å². The molecule has 200 valence electrons. The van der Waals surface area contributed by atoms with Gasteiger partial charge in [-0.15, -0.1) is 5.10 Å². The van der Waals surface area contributed by atoms with E-state index in [0.29, 0.717) is 26.9 Å². The van der Waals surface area contributed by atoms with Crippen molar-refractivity contribution in [1.82, 2.24) is 24.4 Å². The predicted molar refractivity (Wildman–Crippen MR) is 161 cm³/mol. The second kappa shape index (κ2) is 11.1. The molecular formula is C31H26ClN5O2S. The number of ether oxygens (including phenoxy) is 1. The average molecular weight is 568 g/mol. The Morgan fingerprint density at radius 3 is 2.55 bits per heavy atom. The van der Waals surface area contributed by atoms with Crippen LogP contribution in [0.15, 0.2) is 83.8 Å². The largest absolute Gasteiger partial charge is 0.494 e. The molecule has 7 nitrogen and oxygen atoms in total. The fourth-order valence-electron chi connectivity index (χ4n) is 4.44. The van der Waals surface area contributed by atoms with E-state index in [9.17, 15) is 4.79 Å². The standard InChI is InChI=1S/C31H26ClN5O2S/c1-3-4-16-39-25-14-15-26(20(2)17-25)28-22(19-36(34-28)24-8-6-5-7-9-24)18-27-30(38)37-31(40-27)33-29(35-37)21-10-12-23(32)13-11-21/h5-15,17-19H,3-4,16H2,1-2H3/b27-18-. The van der Waals surface area contributed by atoms with E-state index in [0.717, 1.165) is 52.2 Å². The van der Waals surface area contributed by atoms with Gasteiger partial charge in [0.2, 0.25) is 4.96 Å².